The Morgan fingerprint density at radius 2 is 1.96 bits per heavy atom. The van der Waals surface area contributed by atoms with Crippen molar-refractivity contribution in [3.63, 3.8) is 0 Å². The van der Waals surface area contributed by atoms with Crippen molar-refractivity contribution in [2.24, 2.45) is 0 Å². The molecule has 0 fully saturated rings. The molecule has 3 rings (SSSR count). The van der Waals surface area contributed by atoms with Gasteiger partial charge in [-0.15, -0.1) is 0 Å². The maximum absolute atomic E-state index is 12.2. The van der Waals surface area contributed by atoms with E-state index in [0.717, 1.165) is 49.6 Å². The van der Waals surface area contributed by atoms with Crippen LogP contribution in [0.1, 0.15) is 53.2 Å². The van der Waals surface area contributed by atoms with Crippen LogP contribution in [0.2, 0.25) is 0 Å². The zero-order chi connectivity index (χ0) is 20.6. The number of phenolic OH excluding ortho intramolecular Hbond substituents is 1. The molecule has 2 aromatic heterocycles. The average Bonchev–Trinajstić information content (AvgIpc) is 3.14. The number of benzene rings is 1. The van der Waals surface area contributed by atoms with E-state index < -0.39 is 12.8 Å². The summed E-state index contributed by atoms with van der Waals surface area (Å²) >= 11 is 0. The molecular weight excluding hydrogens is 336 g/mol. The molecular formula is C23H28N2O2. The van der Waals surface area contributed by atoms with E-state index in [4.69, 9.17) is 2.74 Å². The van der Waals surface area contributed by atoms with Crippen LogP contribution in [-0.2, 0) is 17.7 Å². The second-order valence-electron chi connectivity index (χ2n) is 6.86. The van der Waals surface area contributed by atoms with E-state index in [1.54, 1.807) is 36.7 Å². The van der Waals surface area contributed by atoms with E-state index in [1.807, 2.05) is 12.1 Å². The van der Waals surface area contributed by atoms with Gasteiger partial charge in [-0.05, 0) is 55.1 Å². The third kappa shape index (κ3) is 5.95. The van der Waals surface area contributed by atoms with Crippen LogP contribution >= 0.6 is 0 Å². The molecule has 0 spiro atoms. The molecule has 2 unspecified atom stereocenters. The van der Waals surface area contributed by atoms with Gasteiger partial charge in [-0.1, -0.05) is 25.3 Å². The zero-order valence-corrected chi connectivity index (χ0v) is 15.6. The number of rotatable bonds is 11. The van der Waals surface area contributed by atoms with Gasteiger partial charge in [0.1, 0.15) is 11.5 Å². The Labute approximate surface area is 163 Å². The fourth-order valence-electron chi connectivity index (χ4n) is 3.24. The lowest BCUT2D eigenvalue weighted by atomic mass is 10.0. The van der Waals surface area contributed by atoms with Gasteiger partial charge in [0.05, 0.1) is 0 Å². The van der Waals surface area contributed by atoms with Crippen molar-refractivity contribution >= 4 is 16.7 Å². The molecule has 0 amide bonds. The Kier molecular flexibility index (Phi) is 6.07. The normalized spacial score (nSPS) is 14.5. The molecule has 1 N–H and O–H groups in total. The summed E-state index contributed by atoms with van der Waals surface area (Å²) in [6.45, 7) is 0.938. The van der Waals surface area contributed by atoms with E-state index in [0.29, 0.717) is 12.0 Å². The number of pyridine rings is 1. The molecule has 0 radical (unpaired) electrons. The first-order valence-electron chi connectivity index (χ1n) is 10.8. The summed E-state index contributed by atoms with van der Waals surface area (Å²) in [5, 5.41) is 10.6. The molecule has 3 aromatic rings. The van der Waals surface area contributed by atoms with Crippen molar-refractivity contribution in [3.8, 4) is 5.75 Å². The second kappa shape index (κ2) is 9.91. The van der Waals surface area contributed by atoms with Crippen molar-refractivity contribution in [3.05, 3.63) is 60.6 Å². The fraction of sp³-hybridized carbons (Fsp3) is 0.391. The molecule has 0 aliphatic carbocycles. The summed E-state index contributed by atoms with van der Waals surface area (Å²) in [5.41, 5.74) is 1.75. The highest BCUT2D eigenvalue weighted by atomic mass is 16.3. The maximum atomic E-state index is 12.2. The Balaban J connectivity index is 1.32. The quantitative estimate of drug-likeness (QED) is 0.469. The third-order valence-electron chi connectivity index (χ3n) is 4.72. The number of aromatic hydroxyl groups is 1. The summed E-state index contributed by atoms with van der Waals surface area (Å²) in [5.74, 6) is 0.132. The molecule has 0 bridgehead atoms. The SMILES string of the molecule is [2H]C(C(=O)CCCCCCCn1ccc2cc(O)ccc21)C([2H])c1cccnc1. The second-order valence-corrected chi connectivity index (χ2v) is 6.86. The standard InChI is InChI=1S/C23H28N2O2/c26-21(10-9-19-7-6-14-24-18-19)8-4-2-1-3-5-15-25-16-13-20-17-22(27)11-12-23(20)25/h6-7,11-14,16-18,27H,1-5,8-10,15H2/i9D,10D. The minimum atomic E-state index is -1.04. The highest BCUT2D eigenvalue weighted by Gasteiger charge is 2.04. The summed E-state index contributed by atoms with van der Waals surface area (Å²) in [7, 11) is 0. The fourth-order valence-corrected chi connectivity index (χ4v) is 3.24. The predicted octanol–water partition coefficient (Wildman–Crippen LogP) is 5.28. The minimum absolute atomic E-state index is 0.157. The highest BCUT2D eigenvalue weighted by Crippen LogP contribution is 2.21. The monoisotopic (exact) mass is 366 g/mol. The summed E-state index contributed by atoms with van der Waals surface area (Å²) < 4.78 is 18.3. The van der Waals surface area contributed by atoms with Gasteiger partial charge in [0.25, 0.3) is 0 Å². The van der Waals surface area contributed by atoms with Crippen LogP contribution in [0.25, 0.3) is 10.9 Å². The number of carbonyl (C=O) groups is 1. The number of hydrogen-bond acceptors (Lipinski definition) is 3. The number of fused-ring (bicyclic) bond motifs is 1. The van der Waals surface area contributed by atoms with Crippen LogP contribution < -0.4 is 0 Å². The lowest BCUT2D eigenvalue weighted by Crippen LogP contribution is -2.00. The molecule has 0 saturated carbocycles. The van der Waals surface area contributed by atoms with E-state index in [2.05, 4.69) is 15.7 Å². The van der Waals surface area contributed by atoms with Gasteiger partial charge in [-0.3, -0.25) is 9.78 Å². The Morgan fingerprint density at radius 1 is 1.11 bits per heavy atom. The number of aromatic nitrogens is 2. The number of unbranched alkanes of at least 4 members (excludes halogenated alkanes) is 4. The molecule has 4 heteroatoms. The molecule has 2 heterocycles. The third-order valence-corrected chi connectivity index (χ3v) is 4.72. The molecule has 2 atom stereocenters. The minimum Gasteiger partial charge on any atom is -0.508 e. The van der Waals surface area contributed by atoms with E-state index in [9.17, 15) is 9.90 Å². The molecule has 0 aliphatic rings. The van der Waals surface area contributed by atoms with Gasteiger partial charge in [0.2, 0.25) is 0 Å². The van der Waals surface area contributed by atoms with Crippen LogP contribution in [0, 0.1) is 0 Å². The van der Waals surface area contributed by atoms with Gasteiger partial charge in [0, 0.05) is 51.6 Å². The number of carbonyl (C=O) groups excluding carboxylic acids is 1. The number of ketones is 1. The van der Waals surface area contributed by atoms with Crippen molar-refractivity contribution in [2.45, 2.75) is 57.9 Å². The molecule has 0 aliphatic heterocycles. The van der Waals surface area contributed by atoms with Crippen LogP contribution in [-0.4, -0.2) is 20.4 Å². The first kappa shape index (κ1) is 16.5. The topological polar surface area (TPSA) is 55.1 Å². The smallest absolute Gasteiger partial charge is 0.133 e. The first-order chi connectivity index (χ1) is 14.1. The van der Waals surface area contributed by atoms with Crippen LogP contribution in [0.4, 0.5) is 0 Å². The van der Waals surface area contributed by atoms with Crippen molar-refractivity contribution < 1.29 is 12.6 Å². The van der Waals surface area contributed by atoms with Crippen LogP contribution in [0.3, 0.4) is 0 Å². The Bertz CT molecular complexity index is 927. The van der Waals surface area contributed by atoms with Gasteiger partial charge >= 0.3 is 0 Å². The predicted molar refractivity (Wildman–Crippen MR) is 109 cm³/mol. The van der Waals surface area contributed by atoms with E-state index in [1.165, 1.54) is 0 Å². The largest absolute Gasteiger partial charge is 0.508 e. The molecule has 1 aromatic carbocycles. The Hall–Kier alpha value is -2.62. The van der Waals surface area contributed by atoms with Crippen molar-refractivity contribution in [1.29, 1.82) is 0 Å². The number of nitrogens with zero attached hydrogens (tertiary/aromatic N) is 2. The Morgan fingerprint density at radius 3 is 2.81 bits per heavy atom. The zero-order valence-electron chi connectivity index (χ0n) is 17.6. The number of aryl methyl sites for hydroxylation is 2. The van der Waals surface area contributed by atoms with E-state index >= 15 is 0 Å². The van der Waals surface area contributed by atoms with Gasteiger partial charge in [0.15, 0.2) is 0 Å². The van der Waals surface area contributed by atoms with Crippen molar-refractivity contribution in [1.82, 2.24) is 9.55 Å². The molecule has 4 nitrogen and oxygen atoms in total. The number of phenols is 1. The highest BCUT2D eigenvalue weighted by molar-refractivity contribution is 5.81. The average molecular weight is 367 g/mol. The molecule has 0 saturated heterocycles. The van der Waals surface area contributed by atoms with Gasteiger partial charge in [-0.2, -0.15) is 0 Å². The maximum Gasteiger partial charge on any atom is 0.133 e. The van der Waals surface area contributed by atoms with Crippen molar-refractivity contribution in [2.75, 3.05) is 0 Å². The molecule has 27 heavy (non-hydrogen) atoms. The summed E-state index contributed by atoms with van der Waals surface area (Å²) in [6.07, 6.45) is 8.66. The lowest BCUT2D eigenvalue weighted by Gasteiger charge is -2.06. The van der Waals surface area contributed by atoms with Crippen LogP contribution in [0.5, 0.6) is 5.75 Å². The molecule has 142 valence electrons. The first-order valence-corrected chi connectivity index (χ1v) is 9.61. The van der Waals surface area contributed by atoms with Gasteiger partial charge < -0.3 is 9.67 Å². The lowest BCUT2D eigenvalue weighted by molar-refractivity contribution is -0.119. The van der Waals surface area contributed by atoms with Crippen LogP contribution in [0.15, 0.2) is 55.0 Å². The number of Topliss-reactive ketones (excluding diaryl/α,β-unsaturated/α-hetero) is 1. The summed E-state index contributed by atoms with van der Waals surface area (Å²) in [6, 6.07) is 10.9. The van der Waals surface area contributed by atoms with E-state index in [-0.39, 0.29) is 11.5 Å². The summed E-state index contributed by atoms with van der Waals surface area (Å²) in [4.78, 5) is 16.2. The van der Waals surface area contributed by atoms with Gasteiger partial charge in [-0.25, -0.2) is 0 Å². The number of hydrogen-bond donors (Lipinski definition) is 1.